The Morgan fingerprint density at radius 1 is 1.14 bits per heavy atom. The monoisotopic (exact) mass is 376 g/mol. The summed E-state index contributed by atoms with van der Waals surface area (Å²) in [5, 5.41) is 11.8. The first kappa shape index (κ1) is 16.9. The quantitative estimate of drug-likeness (QED) is 0.552. The van der Waals surface area contributed by atoms with Gasteiger partial charge in [0.05, 0.1) is 11.9 Å². The molecule has 1 fully saturated rings. The zero-order valence-corrected chi connectivity index (χ0v) is 15.3. The predicted molar refractivity (Wildman–Crippen MR) is 103 cm³/mol. The molecule has 0 saturated carbocycles. The molecule has 1 atom stereocenters. The van der Waals surface area contributed by atoms with Gasteiger partial charge in [-0.05, 0) is 12.8 Å². The van der Waals surface area contributed by atoms with Gasteiger partial charge in [-0.1, -0.05) is 35.5 Å². The Balaban J connectivity index is 1.32. The molecule has 1 saturated heterocycles. The smallest absolute Gasteiger partial charge is 0.255 e. The average molecular weight is 376 g/mol. The molecule has 0 spiro atoms. The second kappa shape index (κ2) is 7.40. The molecule has 1 aliphatic rings. The lowest BCUT2D eigenvalue weighted by atomic mass is 10.1. The summed E-state index contributed by atoms with van der Waals surface area (Å²) in [6.07, 6.45) is 4.31. The number of fused-ring (bicyclic) bond motifs is 1. The van der Waals surface area contributed by atoms with Crippen LogP contribution in [-0.2, 0) is 11.2 Å². The molecular weight excluding hydrogens is 356 g/mol. The molecule has 1 aliphatic heterocycles. The predicted octanol–water partition coefficient (Wildman–Crippen LogP) is 3.29. The highest BCUT2D eigenvalue weighted by atomic mass is 16.5. The van der Waals surface area contributed by atoms with Crippen LogP contribution in [-0.4, -0.2) is 37.9 Å². The summed E-state index contributed by atoms with van der Waals surface area (Å²) >= 11 is 0. The maximum Gasteiger partial charge on any atom is 0.255 e. The molecule has 5 rings (SSSR count). The third-order valence-corrected chi connectivity index (χ3v) is 4.77. The third kappa shape index (κ3) is 3.34. The Morgan fingerprint density at radius 3 is 2.93 bits per heavy atom. The minimum atomic E-state index is -0.0495. The summed E-state index contributed by atoms with van der Waals surface area (Å²) in [4.78, 5) is 9.15. The van der Waals surface area contributed by atoms with Crippen LogP contribution in [0.15, 0.2) is 53.2 Å². The fraction of sp³-hybridized carbons (Fsp3) is 0.300. The molecule has 3 aromatic heterocycles. The van der Waals surface area contributed by atoms with Crippen molar-refractivity contribution in [2.45, 2.75) is 25.4 Å². The van der Waals surface area contributed by atoms with Crippen LogP contribution in [0.4, 0.5) is 5.82 Å². The highest BCUT2D eigenvalue weighted by molar-refractivity contribution is 5.66. The largest absolute Gasteiger partial charge is 0.369 e. The van der Waals surface area contributed by atoms with Gasteiger partial charge >= 0.3 is 0 Å². The number of aromatic nitrogens is 5. The molecule has 8 nitrogen and oxygen atoms in total. The molecule has 142 valence electrons. The first-order valence-electron chi connectivity index (χ1n) is 9.45. The molecule has 0 amide bonds. The average Bonchev–Trinajstić information content (AvgIpc) is 3.49. The number of hydrogen-bond donors (Lipinski definition) is 1. The summed E-state index contributed by atoms with van der Waals surface area (Å²) in [6.45, 7) is 1.41. The first-order valence-corrected chi connectivity index (χ1v) is 9.45. The van der Waals surface area contributed by atoms with Crippen LogP contribution in [0.25, 0.3) is 16.9 Å². The van der Waals surface area contributed by atoms with E-state index in [0.29, 0.717) is 24.7 Å². The molecule has 0 aliphatic carbocycles. The normalized spacial score (nSPS) is 16.6. The molecule has 28 heavy (non-hydrogen) atoms. The summed E-state index contributed by atoms with van der Waals surface area (Å²) < 4.78 is 12.7. The van der Waals surface area contributed by atoms with E-state index < -0.39 is 0 Å². The van der Waals surface area contributed by atoms with Crippen LogP contribution in [0.3, 0.4) is 0 Å². The second-order valence-electron chi connectivity index (χ2n) is 6.72. The second-order valence-corrected chi connectivity index (χ2v) is 6.72. The summed E-state index contributed by atoms with van der Waals surface area (Å²) in [5.74, 6) is 2.13. The molecular formula is C20H20N6O2. The van der Waals surface area contributed by atoms with Crippen molar-refractivity contribution in [3.8, 4) is 11.3 Å². The number of ether oxygens (including phenoxy) is 1. The van der Waals surface area contributed by atoms with Crippen LogP contribution >= 0.6 is 0 Å². The van der Waals surface area contributed by atoms with Gasteiger partial charge in [0.2, 0.25) is 0 Å². The lowest BCUT2D eigenvalue weighted by molar-refractivity contribution is 0.0835. The minimum Gasteiger partial charge on any atom is -0.369 e. The van der Waals surface area contributed by atoms with Crippen LogP contribution in [0.5, 0.6) is 0 Å². The van der Waals surface area contributed by atoms with Crippen LogP contribution in [0.2, 0.25) is 0 Å². The van der Waals surface area contributed by atoms with Gasteiger partial charge in [0, 0.05) is 37.3 Å². The maximum absolute atomic E-state index is 5.59. The number of anilines is 1. The van der Waals surface area contributed by atoms with E-state index >= 15 is 0 Å². The fourth-order valence-electron chi connectivity index (χ4n) is 3.37. The Kier molecular flexibility index (Phi) is 4.46. The van der Waals surface area contributed by atoms with E-state index in [1.807, 2.05) is 42.5 Å². The summed E-state index contributed by atoms with van der Waals surface area (Å²) in [6, 6.07) is 14.0. The molecule has 1 aromatic carbocycles. The Labute approximate surface area is 161 Å². The Bertz CT molecular complexity index is 1070. The van der Waals surface area contributed by atoms with Gasteiger partial charge in [-0.3, -0.25) is 0 Å². The molecule has 1 N–H and O–H groups in total. The first-order chi connectivity index (χ1) is 13.9. The van der Waals surface area contributed by atoms with Gasteiger partial charge in [0.1, 0.15) is 11.9 Å². The van der Waals surface area contributed by atoms with Gasteiger partial charge in [0.15, 0.2) is 11.5 Å². The van der Waals surface area contributed by atoms with Crippen molar-refractivity contribution in [2.75, 3.05) is 18.5 Å². The summed E-state index contributed by atoms with van der Waals surface area (Å²) in [7, 11) is 0. The van der Waals surface area contributed by atoms with Gasteiger partial charge in [-0.2, -0.15) is 14.6 Å². The lowest BCUT2D eigenvalue weighted by Gasteiger charge is -2.10. The Hall–Kier alpha value is -3.26. The maximum atomic E-state index is 5.59. The van der Waals surface area contributed by atoms with Crippen LogP contribution in [0, 0.1) is 0 Å². The van der Waals surface area contributed by atoms with Gasteiger partial charge in [-0.25, -0.2) is 4.98 Å². The zero-order valence-electron chi connectivity index (χ0n) is 15.3. The topological polar surface area (TPSA) is 90.4 Å². The molecule has 4 heterocycles. The fourth-order valence-corrected chi connectivity index (χ4v) is 3.37. The summed E-state index contributed by atoms with van der Waals surface area (Å²) in [5.41, 5.74) is 2.76. The van der Waals surface area contributed by atoms with E-state index in [4.69, 9.17) is 9.26 Å². The van der Waals surface area contributed by atoms with Crippen molar-refractivity contribution in [1.82, 2.24) is 24.7 Å². The van der Waals surface area contributed by atoms with Gasteiger partial charge in [0.25, 0.3) is 5.89 Å². The number of nitrogens with one attached hydrogen (secondary N) is 1. The minimum absolute atomic E-state index is 0.0495. The molecule has 4 aromatic rings. The SMILES string of the molecule is c1ccc(-c2cc(NCCc3noc([C@H]4CCCO4)n3)n3nccc3n2)cc1. The van der Waals surface area contributed by atoms with Crippen LogP contribution < -0.4 is 5.32 Å². The standard InChI is InChI=1S/C20H20N6O2/c1-2-5-14(6-3-1)15-13-19(26-18(23-15)9-11-22-26)21-10-8-17-24-20(28-25-17)16-7-4-12-27-16/h1-3,5-6,9,11,13,16,21H,4,7-8,10,12H2/t16-/m1/s1. The number of benzene rings is 1. The van der Waals surface area contributed by atoms with Crippen molar-refractivity contribution in [1.29, 1.82) is 0 Å². The molecule has 0 radical (unpaired) electrons. The van der Waals surface area contributed by atoms with E-state index in [2.05, 4.69) is 25.5 Å². The lowest BCUT2D eigenvalue weighted by Crippen LogP contribution is -2.10. The van der Waals surface area contributed by atoms with Crippen molar-refractivity contribution >= 4 is 11.5 Å². The molecule has 0 bridgehead atoms. The zero-order chi connectivity index (χ0) is 18.8. The van der Waals surface area contributed by atoms with Crippen molar-refractivity contribution in [3.63, 3.8) is 0 Å². The Morgan fingerprint density at radius 2 is 2.07 bits per heavy atom. The highest BCUT2D eigenvalue weighted by Gasteiger charge is 2.23. The highest BCUT2D eigenvalue weighted by Crippen LogP contribution is 2.27. The number of nitrogens with zero attached hydrogens (tertiary/aromatic N) is 5. The number of rotatable bonds is 6. The van der Waals surface area contributed by atoms with Gasteiger partial charge in [-0.15, -0.1) is 0 Å². The van der Waals surface area contributed by atoms with E-state index in [0.717, 1.165) is 42.2 Å². The number of hydrogen-bond acceptors (Lipinski definition) is 7. The van der Waals surface area contributed by atoms with E-state index in [-0.39, 0.29) is 6.10 Å². The van der Waals surface area contributed by atoms with Crippen molar-refractivity contribution in [2.24, 2.45) is 0 Å². The van der Waals surface area contributed by atoms with Crippen LogP contribution in [0.1, 0.15) is 30.7 Å². The third-order valence-electron chi connectivity index (χ3n) is 4.77. The molecule has 8 heteroatoms. The molecule has 0 unspecified atom stereocenters. The van der Waals surface area contributed by atoms with E-state index in [1.54, 1.807) is 10.7 Å². The van der Waals surface area contributed by atoms with Crippen molar-refractivity contribution in [3.05, 3.63) is 60.4 Å². The van der Waals surface area contributed by atoms with Crippen molar-refractivity contribution < 1.29 is 9.26 Å². The van der Waals surface area contributed by atoms with E-state index in [1.165, 1.54) is 0 Å². The van der Waals surface area contributed by atoms with E-state index in [9.17, 15) is 0 Å². The van der Waals surface area contributed by atoms with Gasteiger partial charge < -0.3 is 14.6 Å².